The Bertz CT molecular complexity index is 632. The summed E-state index contributed by atoms with van der Waals surface area (Å²) in [7, 11) is 1.53. The van der Waals surface area contributed by atoms with E-state index in [1.165, 1.54) is 7.11 Å². The maximum atomic E-state index is 13.2. The van der Waals surface area contributed by atoms with Gasteiger partial charge in [0.1, 0.15) is 11.6 Å². The van der Waals surface area contributed by atoms with E-state index < -0.39 is 10.7 Å². The topological polar surface area (TPSA) is 64.4 Å². The highest BCUT2D eigenvalue weighted by Gasteiger charge is 2.14. The molecular formula is C14H13FN2O3. The van der Waals surface area contributed by atoms with Gasteiger partial charge in [-0.15, -0.1) is 0 Å². The minimum atomic E-state index is -0.529. The van der Waals surface area contributed by atoms with Gasteiger partial charge in [0.15, 0.2) is 0 Å². The van der Waals surface area contributed by atoms with E-state index in [9.17, 15) is 14.5 Å². The van der Waals surface area contributed by atoms with E-state index in [0.717, 1.165) is 18.2 Å². The van der Waals surface area contributed by atoms with Gasteiger partial charge in [0.05, 0.1) is 23.3 Å². The molecule has 0 aliphatic heterocycles. The van der Waals surface area contributed by atoms with Gasteiger partial charge in [-0.05, 0) is 24.3 Å². The number of hydrogen-bond acceptors (Lipinski definition) is 4. The fourth-order valence-corrected chi connectivity index (χ4v) is 1.85. The van der Waals surface area contributed by atoms with Crippen LogP contribution in [-0.2, 0) is 6.54 Å². The summed E-state index contributed by atoms with van der Waals surface area (Å²) in [5, 5.41) is 13.9. The summed E-state index contributed by atoms with van der Waals surface area (Å²) in [4.78, 5) is 10.4. The second-order valence-electron chi connectivity index (χ2n) is 4.08. The van der Waals surface area contributed by atoms with E-state index in [1.807, 2.05) is 12.1 Å². The van der Waals surface area contributed by atoms with Crippen molar-refractivity contribution in [1.29, 1.82) is 0 Å². The molecule has 6 heteroatoms. The number of nitrogens with zero attached hydrogens (tertiary/aromatic N) is 1. The molecule has 0 spiro atoms. The van der Waals surface area contributed by atoms with Gasteiger partial charge < -0.3 is 10.1 Å². The second-order valence-corrected chi connectivity index (χ2v) is 4.08. The number of anilines is 1. The first-order chi connectivity index (χ1) is 9.61. The standard InChI is InChI=1S/C14H13FN2O3/c1-20-14-5-3-2-4-12(14)16-9-10-8-11(15)6-7-13(10)17(18)19/h2-8,16H,9H2,1H3. The van der Waals surface area contributed by atoms with Crippen molar-refractivity contribution in [3.63, 3.8) is 0 Å². The molecule has 5 nitrogen and oxygen atoms in total. The molecule has 104 valence electrons. The van der Waals surface area contributed by atoms with Crippen LogP contribution < -0.4 is 10.1 Å². The number of para-hydroxylation sites is 2. The highest BCUT2D eigenvalue weighted by Crippen LogP contribution is 2.26. The van der Waals surface area contributed by atoms with Crippen LogP contribution in [0.4, 0.5) is 15.8 Å². The quantitative estimate of drug-likeness (QED) is 0.671. The van der Waals surface area contributed by atoms with Crippen LogP contribution in [-0.4, -0.2) is 12.0 Å². The molecule has 0 radical (unpaired) electrons. The van der Waals surface area contributed by atoms with Gasteiger partial charge in [0.25, 0.3) is 5.69 Å². The van der Waals surface area contributed by atoms with Gasteiger partial charge in [0.2, 0.25) is 0 Å². The predicted octanol–water partition coefficient (Wildman–Crippen LogP) is 3.35. The third-order valence-electron chi connectivity index (χ3n) is 2.81. The van der Waals surface area contributed by atoms with Crippen LogP contribution in [0, 0.1) is 15.9 Å². The third-order valence-corrected chi connectivity index (χ3v) is 2.81. The lowest BCUT2D eigenvalue weighted by Gasteiger charge is -2.11. The first-order valence-corrected chi connectivity index (χ1v) is 5.91. The number of rotatable bonds is 5. The molecule has 0 amide bonds. The SMILES string of the molecule is COc1ccccc1NCc1cc(F)ccc1[N+](=O)[O-]. The molecule has 0 heterocycles. The average Bonchev–Trinajstić information content (AvgIpc) is 2.45. The zero-order chi connectivity index (χ0) is 14.5. The first kappa shape index (κ1) is 13.8. The van der Waals surface area contributed by atoms with Crippen LogP contribution in [0.3, 0.4) is 0 Å². The van der Waals surface area contributed by atoms with E-state index in [0.29, 0.717) is 11.4 Å². The average molecular weight is 276 g/mol. The second kappa shape index (κ2) is 6.01. The molecule has 0 aliphatic carbocycles. The molecule has 0 unspecified atom stereocenters. The Balaban J connectivity index is 2.22. The van der Waals surface area contributed by atoms with Crippen LogP contribution in [0.15, 0.2) is 42.5 Å². The lowest BCUT2D eigenvalue weighted by atomic mass is 10.1. The minimum absolute atomic E-state index is 0.117. The van der Waals surface area contributed by atoms with Crippen LogP contribution in [0.25, 0.3) is 0 Å². The molecule has 0 saturated carbocycles. The molecule has 2 aromatic rings. The lowest BCUT2D eigenvalue weighted by Crippen LogP contribution is -2.04. The Kier molecular flexibility index (Phi) is 4.14. The van der Waals surface area contributed by atoms with Crippen molar-refractivity contribution in [2.45, 2.75) is 6.54 Å². The number of halogens is 1. The third kappa shape index (κ3) is 3.03. The van der Waals surface area contributed by atoms with Gasteiger partial charge in [-0.2, -0.15) is 0 Å². The van der Waals surface area contributed by atoms with Crippen LogP contribution in [0.2, 0.25) is 0 Å². The molecule has 0 fully saturated rings. The molecule has 0 aromatic heterocycles. The van der Waals surface area contributed by atoms with Gasteiger partial charge >= 0.3 is 0 Å². The van der Waals surface area contributed by atoms with Crippen molar-refractivity contribution in [2.75, 3.05) is 12.4 Å². The molecular weight excluding hydrogens is 263 g/mol. The van der Waals surface area contributed by atoms with Crippen molar-refractivity contribution in [2.24, 2.45) is 0 Å². The number of ether oxygens (including phenoxy) is 1. The van der Waals surface area contributed by atoms with Crippen LogP contribution >= 0.6 is 0 Å². The fraction of sp³-hybridized carbons (Fsp3) is 0.143. The van der Waals surface area contributed by atoms with Gasteiger partial charge in [-0.3, -0.25) is 10.1 Å². The normalized spacial score (nSPS) is 10.1. The van der Waals surface area contributed by atoms with Gasteiger partial charge in [-0.1, -0.05) is 12.1 Å². The summed E-state index contributed by atoms with van der Waals surface area (Å²) in [6.45, 7) is 0.133. The molecule has 2 rings (SSSR count). The van der Waals surface area contributed by atoms with Crippen molar-refractivity contribution in [3.05, 3.63) is 64.0 Å². The Hall–Kier alpha value is -2.63. The summed E-state index contributed by atoms with van der Waals surface area (Å²) in [5.41, 5.74) is 0.850. The Labute approximate surface area is 115 Å². The van der Waals surface area contributed by atoms with Crippen molar-refractivity contribution in [3.8, 4) is 5.75 Å². The van der Waals surface area contributed by atoms with E-state index in [2.05, 4.69) is 5.32 Å². The molecule has 0 atom stereocenters. The van der Waals surface area contributed by atoms with E-state index in [1.54, 1.807) is 12.1 Å². The van der Waals surface area contributed by atoms with Crippen molar-refractivity contribution >= 4 is 11.4 Å². The Morgan fingerprint density at radius 2 is 2.05 bits per heavy atom. The number of hydrogen-bond donors (Lipinski definition) is 1. The molecule has 20 heavy (non-hydrogen) atoms. The first-order valence-electron chi connectivity index (χ1n) is 5.91. The summed E-state index contributed by atoms with van der Waals surface area (Å²) >= 11 is 0. The van der Waals surface area contributed by atoms with Crippen molar-refractivity contribution < 1.29 is 14.1 Å². The smallest absolute Gasteiger partial charge is 0.274 e. The lowest BCUT2D eigenvalue weighted by molar-refractivity contribution is -0.385. The highest BCUT2D eigenvalue weighted by molar-refractivity contribution is 5.57. The van der Waals surface area contributed by atoms with Crippen molar-refractivity contribution in [1.82, 2.24) is 0 Å². The Morgan fingerprint density at radius 3 is 2.75 bits per heavy atom. The molecule has 0 bridgehead atoms. The summed E-state index contributed by atoms with van der Waals surface area (Å²) in [5.74, 6) is 0.110. The zero-order valence-electron chi connectivity index (χ0n) is 10.8. The monoisotopic (exact) mass is 276 g/mol. The largest absolute Gasteiger partial charge is 0.495 e. The fourth-order valence-electron chi connectivity index (χ4n) is 1.85. The summed E-state index contributed by atoms with van der Waals surface area (Å²) < 4.78 is 18.4. The van der Waals surface area contributed by atoms with Crippen LogP contribution in [0.1, 0.15) is 5.56 Å². The van der Waals surface area contributed by atoms with E-state index in [-0.39, 0.29) is 17.8 Å². The van der Waals surface area contributed by atoms with E-state index in [4.69, 9.17) is 4.74 Å². The number of benzene rings is 2. The van der Waals surface area contributed by atoms with E-state index >= 15 is 0 Å². The molecule has 0 saturated heterocycles. The van der Waals surface area contributed by atoms with Gasteiger partial charge in [0, 0.05) is 12.6 Å². The maximum Gasteiger partial charge on any atom is 0.274 e. The minimum Gasteiger partial charge on any atom is -0.495 e. The highest BCUT2D eigenvalue weighted by atomic mass is 19.1. The molecule has 0 aliphatic rings. The summed E-state index contributed by atoms with van der Waals surface area (Å²) in [6, 6.07) is 10.6. The number of nitro groups is 1. The molecule has 1 N–H and O–H groups in total. The zero-order valence-corrected chi connectivity index (χ0v) is 10.8. The number of nitro benzene ring substituents is 1. The predicted molar refractivity (Wildman–Crippen MR) is 73.4 cm³/mol. The molecule has 2 aromatic carbocycles. The van der Waals surface area contributed by atoms with Gasteiger partial charge in [-0.25, -0.2) is 4.39 Å². The summed E-state index contributed by atoms with van der Waals surface area (Å²) in [6.07, 6.45) is 0. The van der Waals surface area contributed by atoms with Crippen LogP contribution in [0.5, 0.6) is 5.75 Å². The number of methoxy groups -OCH3 is 1. The number of nitrogens with one attached hydrogen (secondary N) is 1. The maximum absolute atomic E-state index is 13.2. The Morgan fingerprint density at radius 1 is 1.30 bits per heavy atom.